The smallest absolute Gasteiger partial charge is 0.262 e. The van der Waals surface area contributed by atoms with E-state index in [1.807, 2.05) is 40.8 Å². The van der Waals surface area contributed by atoms with Gasteiger partial charge < -0.3 is 4.74 Å². The first-order valence-corrected chi connectivity index (χ1v) is 11.3. The third-order valence-corrected chi connectivity index (χ3v) is 6.13. The SMILES string of the molecule is CCCCCn1c(=O)c2ccccc2n2c(SCC(=O)c3ccccc3OC)nnc12. The predicted molar refractivity (Wildman–Crippen MR) is 122 cm³/mol. The molecule has 4 rings (SSSR count). The quantitative estimate of drug-likeness (QED) is 0.222. The standard InChI is InChI=1S/C23H24N4O3S/c1-3-4-9-14-26-21(29)16-10-5-7-12-18(16)27-22(26)24-25-23(27)31-15-19(28)17-11-6-8-13-20(17)30-2/h5-8,10-13H,3-4,9,14-15H2,1-2H3. The van der Waals surface area contributed by atoms with Gasteiger partial charge in [0.2, 0.25) is 5.78 Å². The summed E-state index contributed by atoms with van der Waals surface area (Å²) in [4.78, 5) is 25.9. The minimum absolute atomic E-state index is 0.0558. The first kappa shape index (κ1) is 21.1. The van der Waals surface area contributed by atoms with Crippen LogP contribution in [-0.2, 0) is 6.54 Å². The summed E-state index contributed by atoms with van der Waals surface area (Å²) in [5, 5.41) is 9.83. The van der Waals surface area contributed by atoms with Gasteiger partial charge in [0.1, 0.15) is 5.75 Å². The van der Waals surface area contributed by atoms with Gasteiger partial charge in [-0.2, -0.15) is 0 Å². The van der Waals surface area contributed by atoms with Gasteiger partial charge in [-0.1, -0.05) is 55.8 Å². The van der Waals surface area contributed by atoms with E-state index < -0.39 is 0 Å². The molecule has 0 saturated heterocycles. The summed E-state index contributed by atoms with van der Waals surface area (Å²) < 4.78 is 8.88. The van der Waals surface area contributed by atoms with Gasteiger partial charge in [0.25, 0.3) is 5.56 Å². The number of carbonyl (C=O) groups excluding carboxylic acids is 1. The topological polar surface area (TPSA) is 78.5 Å². The molecule has 0 radical (unpaired) electrons. The number of methoxy groups -OCH3 is 1. The number of ketones is 1. The molecule has 0 fully saturated rings. The lowest BCUT2D eigenvalue weighted by atomic mass is 10.1. The molecule has 0 aliphatic heterocycles. The van der Waals surface area contributed by atoms with Crippen LogP contribution in [-0.4, -0.2) is 37.8 Å². The highest BCUT2D eigenvalue weighted by Crippen LogP contribution is 2.25. The zero-order valence-corrected chi connectivity index (χ0v) is 18.4. The summed E-state index contributed by atoms with van der Waals surface area (Å²) in [7, 11) is 1.55. The van der Waals surface area contributed by atoms with Gasteiger partial charge >= 0.3 is 0 Å². The van der Waals surface area contributed by atoms with Gasteiger partial charge in [-0.05, 0) is 30.7 Å². The Labute approximate surface area is 184 Å². The molecule has 0 aliphatic rings. The summed E-state index contributed by atoms with van der Waals surface area (Å²) in [6, 6.07) is 14.6. The highest BCUT2D eigenvalue weighted by molar-refractivity contribution is 7.99. The molecule has 0 unspecified atom stereocenters. The lowest BCUT2D eigenvalue weighted by Crippen LogP contribution is -2.23. The van der Waals surface area contributed by atoms with Crippen molar-refractivity contribution in [3.05, 3.63) is 64.4 Å². The van der Waals surface area contributed by atoms with Gasteiger partial charge in [-0.3, -0.25) is 18.6 Å². The van der Waals surface area contributed by atoms with Crippen molar-refractivity contribution in [1.29, 1.82) is 0 Å². The van der Waals surface area contributed by atoms with E-state index in [2.05, 4.69) is 17.1 Å². The molecule has 0 bridgehead atoms. The number of aryl methyl sites for hydroxylation is 1. The summed E-state index contributed by atoms with van der Waals surface area (Å²) in [6.45, 7) is 2.72. The average molecular weight is 437 g/mol. The summed E-state index contributed by atoms with van der Waals surface area (Å²) in [6.07, 6.45) is 3.00. The number of hydrogen-bond donors (Lipinski definition) is 0. The Hall–Kier alpha value is -3.13. The maximum absolute atomic E-state index is 13.1. The molecule has 2 heterocycles. The van der Waals surface area contributed by atoms with Crippen molar-refractivity contribution in [3.8, 4) is 5.75 Å². The van der Waals surface area contributed by atoms with E-state index in [-0.39, 0.29) is 17.1 Å². The minimum Gasteiger partial charge on any atom is -0.496 e. The molecule has 7 nitrogen and oxygen atoms in total. The van der Waals surface area contributed by atoms with Crippen molar-refractivity contribution in [2.24, 2.45) is 0 Å². The number of rotatable bonds is 9. The Morgan fingerprint density at radius 1 is 1.06 bits per heavy atom. The van der Waals surface area contributed by atoms with Crippen molar-refractivity contribution in [2.75, 3.05) is 12.9 Å². The predicted octanol–water partition coefficient (Wildman–Crippen LogP) is 4.22. The first-order valence-electron chi connectivity index (χ1n) is 10.3. The Morgan fingerprint density at radius 2 is 1.84 bits per heavy atom. The summed E-state index contributed by atoms with van der Waals surface area (Å²) in [5.41, 5.74) is 1.22. The molecular formula is C23H24N4O3S. The number of thioether (sulfide) groups is 1. The van der Waals surface area contributed by atoms with Crippen LogP contribution in [0.5, 0.6) is 5.75 Å². The number of ether oxygens (including phenoxy) is 1. The molecule has 4 aromatic rings. The van der Waals surface area contributed by atoms with Crippen LogP contribution in [0, 0.1) is 0 Å². The van der Waals surface area contributed by atoms with E-state index in [9.17, 15) is 9.59 Å². The van der Waals surface area contributed by atoms with Crippen molar-refractivity contribution in [1.82, 2.24) is 19.2 Å². The average Bonchev–Trinajstić information content (AvgIpc) is 3.23. The summed E-state index contributed by atoms with van der Waals surface area (Å²) in [5.74, 6) is 1.19. The van der Waals surface area contributed by atoms with Gasteiger partial charge in [0.05, 0.1) is 29.3 Å². The fraction of sp³-hybridized carbons (Fsp3) is 0.304. The second kappa shape index (κ2) is 9.34. The fourth-order valence-corrected chi connectivity index (χ4v) is 4.45. The minimum atomic E-state index is -0.0618. The second-order valence-corrected chi connectivity index (χ2v) is 8.15. The van der Waals surface area contributed by atoms with Gasteiger partial charge in [-0.25, -0.2) is 0 Å². The van der Waals surface area contributed by atoms with Crippen LogP contribution in [0.4, 0.5) is 0 Å². The largest absolute Gasteiger partial charge is 0.496 e. The van der Waals surface area contributed by atoms with E-state index in [0.29, 0.717) is 34.2 Å². The molecule has 0 aliphatic carbocycles. The van der Waals surface area contributed by atoms with Gasteiger partial charge in [0.15, 0.2) is 10.9 Å². The molecular weight excluding hydrogens is 412 g/mol. The highest BCUT2D eigenvalue weighted by Gasteiger charge is 2.18. The molecule has 0 amide bonds. The normalized spacial score (nSPS) is 11.3. The number of Topliss-reactive ketones (excluding diaryl/α,β-unsaturated/α-hetero) is 1. The zero-order chi connectivity index (χ0) is 21.8. The van der Waals surface area contributed by atoms with Crippen molar-refractivity contribution >= 4 is 34.2 Å². The Kier molecular flexibility index (Phi) is 6.36. The number of para-hydroxylation sites is 2. The zero-order valence-electron chi connectivity index (χ0n) is 17.6. The number of hydrogen-bond acceptors (Lipinski definition) is 6. The molecule has 0 atom stereocenters. The lowest BCUT2D eigenvalue weighted by Gasteiger charge is -2.11. The van der Waals surface area contributed by atoms with E-state index in [4.69, 9.17) is 4.74 Å². The first-order chi connectivity index (χ1) is 15.2. The third-order valence-electron chi connectivity index (χ3n) is 5.20. The molecule has 0 N–H and O–H groups in total. The van der Waals surface area contributed by atoms with E-state index in [1.54, 1.807) is 23.8 Å². The number of fused-ring (bicyclic) bond motifs is 3. The van der Waals surface area contributed by atoms with Crippen LogP contribution in [0.25, 0.3) is 16.7 Å². The molecule has 2 aromatic carbocycles. The fourth-order valence-electron chi connectivity index (χ4n) is 3.63. The van der Waals surface area contributed by atoms with Crippen LogP contribution in [0.2, 0.25) is 0 Å². The van der Waals surface area contributed by atoms with Crippen LogP contribution >= 0.6 is 11.8 Å². The van der Waals surface area contributed by atoms with Crippen molar-refractivity contribution < 1.29 is 9.53 Å². The van der Waals surface area contributed by atoms with Gasteiger partial charge in [0, 0.05) is 6.54 Å². The molecule has 2 aromatic heterocycles. The van der Waals surface area contributed by atoms with Crippen molar-refractivity contribution in [3.63, 3.8) is 0 Å². The van der Waals surface area contributed by atoms with Crippen LogP contribution in [0.15, 0.2) is 58.5 Å². The third kappa shape index (κ3) is 4.07. The summed E-state index contributed by atoms with van der Waals surface area (Å²) >= 11 is 1.31. The molecule has 8 heteroatoms. The lowest BCUT2D eigenvalue weighted by molar-refractivity contribution is 0.101. The Morgan fingerprint density at radius 3 is 2.65 bits per heavy atom. The highest BCUT2D eigenvalue weighted by atomic mass is 32.2. The van der Waals surface area contributed by atoms with E-state index in [0.717, 1.165) is 24.8 Å². The molecule has 160 valence electrons. The Balaban J connectivity index is 1.72. The van der Waals surface area contributed by atoms with Crippen LogP contribution in [0.3, 0.4) is 0 Å². The number of aromatic nitrogens is 4. The maximum atomic E-state index is 13.1. The molecule has 0 spiro atoms. The molecule has 31 heavy (non-hydrogen) atoms. The maximum Gasteiger partial charge on any atom is 0.262 e. The number of benzene rings is 2. The molecule has 0 saturated carbocycles. The number of carbonyl (C=O) groups is 1. The second-order valence-electron chi connectivity index (χ2n) is 7.21. The number of unbranched alkanes of at least 4 members (excludes halogenated alkanes) is 2. The number of nitrogens with zero attached hydrogens (tertiary/aromatic N) is 4. The van der Waals surface area contributed by atoms with E-state index in [1.165, 1.54) is 11.8 Å². The Bertz CT molecular complexity index is 1300. The van der Waals surface area contributed by atoms with Gasteiger partial charge in [-0.15, -0.1) is 10.2 Å². The van der Waals surface area contributed by atoms with Crippen LogP contribution < -0.4 is 10.3 Å². The van der Waals surface area contributed by atoms with E-state index >= 15 is 0 Å². The monoisotopic (exact) mass is 436 g/mol. The van der Waals surface area contributed by atoms with Crippen LogP contribution in [0.1, 0.15) is 36.5 Å². The van der Waals surface area contributed by atoms with Crippen molar-refractivity contribution in [2.45, 2.75) is 37.9 Å².